The third-order valence-corrected chi connectivity index (χ3v) is 4.04. The van der Waals surface area contributed by atoms with Crippen LogP contribution < -0.4 is 10.6 Å². The molecule has 0 aliphatic carbocycles. The molecule has 0 aromatic carbocycles. The zero-order valence-electron chi connectivity index (χ0n) is 11.9. The topological polar surface area (TPSA) is 87.7 Å². The minimum Gasteiger partial charge on any atom is -0.479 e. The lowest BCUT2D eigenvalue weighted by molar-refractivity contribution is -0.144. The van der Waals surface area contributed by atoms with Crippen LogP contribution in [0.1, 0.15) is 32.1 Å². The molecule has 1 atom stereocenters. The van der Waals surface area contributed by atoms with Crippen LogP contribution in [0, 0.1) is 0 Å². The lowest BCUT2D eigenvalue weighted by Crippen LogP contribution is -2.57. The van der Waals surface area contributed by atoms with Gasteiger partial charge in [-0.25, -0.2) is 9.59 Å². The lowest BCUT2D eigenvalue weighted by Gasteiger charge is -2.23. The van der Waals surface area contributed by atoms with E-state index in [2.05, 4.69) is 16.9 Å². The molecule has 0 aromatic heterocycles. The fourth-order valence-corrected chi connectivity index (χ4v) is 2.57. The Kier molecular flexibility index (Phi) is 7.76. The van der Waals surface area contributed by atoms with Crippen LogP contribution >= 0.6 is 11.8 Å². The molecule has 1 saturated heterocycles. The number of amides is 2. The number of hydrogen-bond acceptors (Lipinski definition) is 4. The van der Waals surface area contributed by atoms with E-state index in [1.54, 1.807) is 0 Å². The van der Waals surface area contributed by atoms with Gasteiger partial charge in [-0.2, -0.15) is 11.8 Å². The molecule has 0 saturated carbocycles. The lowest BCUT2D eigenvalue weighted by atomic mass is 9.99. The van der Waals surface area contributed by atoms with E-state index in [1.807, 2.05) is 11.8 Å². The SMILES string of the molecule is CSCCCCCCNC(=O)NC1(C(=O)O)CCOC1. The highest BCUT2D eigenvalue weighted by atomic mass is 32.2. The van der Waals surface area contributed by atoms with E-state index in [0.29, 0.717) is 19.6 Å². The highest BCUT2D eigenvalue weighted by Gasteiger charge is 2.43. The number of urea groups is 1. The predicted molar refractivity (Wildman–Crippen MR) is 79.2 cm³/mol. The zero-order chi connectivity index (χ0) is 14.8. The Hall–Kier alpha value is -0.950. The van der Waals surface area contributed by atoms with Crippen molar-refractivity contribution in [3.63, 3.8) is 0 Å². The van der Waals surface area contributed by atoms with Crippen molar-refractivity contribution in [3.05, 3.63) is 0 Å². The fraction of sp³-hybridized carbons (Fsp3) is 0.846. The summed E-state index contributed by atoms with van der Waals surface area (Å²) in [6.45, 7) is 0.966. The minimum atomic E-state index is -1.26. The number of nitrogens with one attached hydrogen (secondary N) is 2. The molecule has 6 nitrogen and oxygen atoms in total. The smallest absolute Gasteiger partial charge is 0.332 e. The van der Waals surface area contributed by atoms with Gasteiger partial charge in [0.25, 0.3) is 0 Å². The number of aliphatic carboxylic acids is 1. The van der Waals surface area contributed by atoms with Crippen molar-refractivity contribution in [1.29, 1.82) is 0 Å². The summed E-state index contributed by atoms with van der Waals surface area (Å²) in [5, 5.41) is 14.4. The summed E-state index contributed by atoms with van der Waals surface area (Å²) in [5.74, 6) is 0.136. The first-order valence-corrected chi connectivity index (χ1v) is 8.36. The van der Waals surface area contributed by atoms with Crippen molar-refractivity contribution in [3.8, 4) is 0 Å². The van der Waals surface area contributed by atoms with Gasteiger partial charge in [-0.05, 0) is 24.9 Å². The Morgan fingerprint density at radius 3 is 2.65 bits per heavy atom. The molecule has 116 valence electrons. The zero-order valence-corrected chi connectivity index (χ0v) is 12.8. The van der Waals surface area contributed by atoms with Crippen LogP contribution in [-0.2, 0) is 9.53 Å². The third-order valence-electron chi connectivity index (χ3n) is 3.34. The average Bonchev–Trinajstić information content (AvgIpc) is 2.87. The Morgan fingerprint density at radius 2 is 2.05 bits per heavy atom. The average molecular weight is 304 g/mol. The van der Waals surface area contributed by atoms with E-state index in [-0.39, 0.29) is 6.61 Å². The molecule has 3 N–H and O–H groups in total. The molecule has 1 rings (SSSR count). The summed E-state index contributed by atoms with van der Waals surface area (Å²) in [7, 11) is 0. The van der Waals surface area contributed by atoms with Gasteiger partial charge in [0.05, 0.1) is 6.61 Å². The number of rotatable bonds is 9. The number of hydrogen-bond donors (Lipinski definition) is 3. The second kappa shape index (κ2) is 9.07. The molecule has 0 bridgehead atoms. The molecule has 0 radical (unpaired) electrons. The molecule has 0 spiro atoms. The number of ether oxygens (including phenoxy) is 1. The van der Waals surface area contributed by atoms with Crippen LogP contribution in [0.2, 0.25) is 0 Å². The Bertz CT molecular complexity index is 319. The highest BCUT2D eigenvalue weighted by molar-refractivity contribution is 7.98. The van der Waals surface area contributed by atoms with Crippen LogP contribution in [0.25, 0.3) is 0 Å². The van der Waals surface area contributed by atoms with E-state index in [9.17, 15) is 14.7 Å². The maximum atomic E-state index is 11.7. The molecule has 2 amide bonds. The largest absolute Gasteiger partial charge is 0.479 e. The van der Waals surface area contributed by atoms with Crippen molar-refractivity contribution < 1.29 is 19.4 Å². The summed E-state index contributed by atoms with van der Waals surface area (Å²) in [4.78, 5) is 22.9. The van der Waals surface area contributed by atoms with Crippen molar-refractivity contribution in [1.82, 2.24) is 10.6 Å². The molecule has 0 aromatic rings. The number of thioether (sulfide) groups is 1. The van der Waals surface area contributed by atoms with E-state index in [1.165, 1.54) is 12.2 Å². The highest BCUT2D eigenvalue weighted by Crippen LogP contribution is 2.18. The standard InChI is InChI=1S/C13H24N2O4S/c1-20-9-5-3-2-4-7-14-12(18)15-13(11(16)17)6-8-19-10-13/h2-10H2,1H3,(H,16,17)(H2,14,15,18). The van der Waals surface area contributed by atoms with Crippen LogP contribution in [0.15, 0.2) is 0 Å². The minimum absolute atomic E-state index is 0.0322. The van der Waals surface area contributed by atoms with Gasteiger partial charge >= 0.3 is 12.0 Å². The molecule has 1 aliphatic heterocycles. The number of carbonyl (C=O) groups excluding carboxylic acids is 1. The van der Waals surface area contributed by atoms with Gasteiger partial charge in [-0.15, -0.1) is 0 Å². The van der Waals surface area contributed by atoms with E-state index >= 15 is 0 Å². The molecule has 1 aliphatic rings. The predicted octanol–water partition coefficient (Wildman–Crippen LogP) is 1.45. The number of carboxylic acid groups (broad SMARTS) is 1. The number of unbranched alkanes of at least 4 members (excludes halogenated alkanes) is 3. The van der Waals surface area contributed by atoms with Crippen LogP contribution in [0.4, 0.5) is 4.79 Å². The molecule has 1 heterocycles. The summed E-state index contributed by atoms with van der Waals surface area (Å²) >= 11 is 1.84. The van der Waals surface area contributed by atoms with E-state index in [4.69, 9.17) is 4.74 Å². The summed E-state index contributed by atoms with van der Waals surface area (Å²) in [5.41, 5.74) is -1.26. The van der Waals surface area contributed by atoms with Crippen LogP contribution in [0.3, 0.4) is 0 Å². The molecular formula is C13H24N2O4S. The fourth-order valence-electron chi connectivity index (χ4n) is 2.07. The first kappa shape index (κ1) is 17.1. The normalized spacial score (nSPS) is 21.6. The van der Waals surface area contributed by atoms with Gasteiger partial charge in [0.2, 0.25) is 0 Å². The van der Waals surface area contributed by atoms with Crippen molar-refractivity contribution in [2.24, 2.45) is 0 Å². The second-order valence-corrected chi connectivity index (χ2v) is 5.96. The van der Waals surface area contributed by atoms with Gasteiger partial charge in [-0.1, -0.05) is 12.8 Å². The maximum absolute atomic E-state index is 11.7. The third kappa shape index (κ3) is 5.58. The Labute approximate surface area is 124 Å². The monoisotopic (exact) mass is 304 g/mol. The Balaban J connectivity index is 2.15. The van der Waals surface area contributed by atoms with Gasteiger partial charge in [0, 0.05) is 19.6 Å². The first-order valence-electron chi connectivity index (χ1n) is 6.97. The van der Waals surface area contributed by atoms with Crippen LogP contribution in [-0.4, -0.2) is 54.4 Å². The summed E-state index contributed by atoms with van der Waals surface area (Å²) < 4.78 is 5.08. The number of carboxylic acids is 1. The van der Waals surface area contributed by atoms with Crippen molar-refractivity contribution in [2.75, 3.05) is 31.8 Å². The molecular weight excluding hydrogens is 280 g/mol. The molecule has 7 heteroatoms. The van der Waals surface area contributed by atoms with Crippen molar-refractivity contribution in [2.45, 2.75) is 37.6 Å². The first-order chi connectivity index (χ1) is 9.60. The van der Waals surface area contributed by atoms with Gasteiger partial charge in [-0.3, -0.25) is 0 Å². The second-order valence-electron chi connectivity index (χ2n) is 4.98. The maximum Gasteiger partial charge on any atom is 0.332 e. The quantitative estimate of drug-likeness (QED) is 0.561. The summed E-state index contributed by atoms with van der Waals surface area (Å²) in [6, 6.07) is -0.429. The van der Waals surface area contributed by atoms with Crippen LogP contribution in [0.5, 0.6) is 0 Å². The molecule has 1 fully saturated rings. The van der Waals surface area contributed by atoms with Crippen molar-refractivity contribution >= 4 is 23.8 Å². The summed E-state index contributed by atoms with van der Waals surface area (Å²) in [6.07, 6.45) is 6.76. The van der Waals surface area contributed by atoms with Gasteiger partial charge in [0.1, 0.15) is 0 Å². The molecule has 1 unspecified atom stereocenters. The van der Waals surface area contributed by atoms with Gasteiger partial charge in [0.15, 0.2) is 5.54 Å². The van der Waals surface area contributed by atoms with E-state index < -0.39 is 17.5 Å². The van der Waals surface area contributed by atoms with Gasteiger partial charge < -0.3 is 20.5 Å². The Morgan fingerprint density at radius 1 is 1.30 bits per heavy atom. The van der Waals surface area contributed by atoms with E-state index in [0.717, 1.165) is 19.3 Å². The number of carbonyl (C=O) groups is 2. The molecule has 20 heavy (non-hydrogen) atoms.